The van der Waals surface area contributed by atoms with Crippen LogP contribution in [0, 0.1) is 35.5 Å². The Labute approximate surface area is 224 Å². The molecule has 5 aliphatic rings. The molecule has 1 saturated heterocycles. The number of halogens is 3. The summed E-state index contributed by atoms with van der Waals surface area (Å²) in [5.41, 5.74) is -4.52. The summed E-state index contributed by atoms with van der Waals surface area (Å²) in [4.78, 5) is 32.4. The molecule has 4 fully saturated rings. The highest BCUT2D eigenvalue weighted by Crippen LogP contribution is 2.73. The van der Waals surface area contributed by atoms with Crippen LogP contribution in [0.15, 0.2) is 48.1 Å². The van der Waals surface area contributed by atoms with E-state index in [1.807, 2.05) is 38.1 Å². The van der Waals surface area contributed by atoms with E-state index in [-0.39, 0.29) is 18.4 Å². The number of alkyl halides is 3. The van der Waals surface area contributed by atoms with Gasteiger partial charge in [-0.05, 0) is 68.4 Å². The first-order valence-electron chi connectivity index (χ1n) is 13.2. The maximum absolute atomic E-state index is 17.5. The lowest BCUT2D eigenvalue weighted by Gasteiger charge is -2.63. The lowest BCUT2D eigenvalue weighted by molar-refractivity contribution is -0.225. The molecule has 1 unspecified atom stereocenters. The number of hydroxylamine groups is 1. The first-order chi connectivity index (χ1) is 17.9. The maximum atomic E-state index is 17.5. The van der Waals surface area contributed by atoms with Crippen molar-refractivity contribution in [3.05, 3.63) is 53.6 Å². The maximum Gasteiger partial charge on any atom is 0.226 e. The van der Waals surface area contributed by atoms with Gasteiger partial charge in [0, 0.05) is 22.7 Å². The lowest BCUT2D eigenvalue weighted by atomic mass is 9.44. The van der Waals surface area contributed by atoms with Crippen molar-refractivity contribution in [1.82, 2.24) is 0 Å². The van der Waals surface area contributed by atoms with Crippen molar-refractivity contribution in [1.29, 1.82) is 0 Å². The molecular weight excluding hydrogens is 515 g/mol. The second-order valence-electron chi connectivity index (χ2n) is 12.0. The van der Waals surface area contributed by atoms with Crippen LogP contribution in [-0.2, 0) is 14.4 Å². The molecule has 1 aromatic rings. The Hall–Kier alpha value is -2.10. The molecule has 1 N–H and O–H groups in total. The van der Waals surface area contributed by atoms with Crippen LogP contribution in [0.4, 0.5) is 18.9 Å². The number of hydrogen-bond acceptors (Lipinski definition) is 6. The van der Waals surface area contributed by atoms with Crippen LogP contribution < -0.4 is 5.06 Å². The Morgan fingerprint density at radius 2 is 1.97 bits per heavy atom. The van der Waals surface area contributed by atoms with Gasteiger partial charge in [0.25, 0.3) is 0 Å². The molecular formula is C29H32F3NO4S. The van der Waals surface area contributed by atoms with Crippen LogP contribution in [-0.4, -0.2) is 52.1 Å². The fourth-order valence-corrected chi connectivity index (χ4v) is 9.48. The Morgan fingerprint density at radius 1 is 1.24 bits per heavy atom. The fourth-order valence-electron chi connectivity index (χ4n) is 8.73. The molecule has 4 aliphatic carbocycles. The number of rotatable bonds is 3. The molecule has 5 nitrogen and oxygen atoms in total. The van der Waals surface area contributed by atoms with Crippen LogP contribution in [0.3, 0.4) is 0 Å². The number of para-hydroxylation sites is 1. The van der Waals surface area contributed by atoms with E-state index in [4.69, 9.17) is 4.84 Å². The number of hydrogen-bond donors (Lipinski definition) is 1. The fraction of sp³-hybridized carbons (Fsp3) is 0.586. The number of ketones is 1. The number of anilines is 1. The molecule has 6 rings (SSSR count). The summed E-state index contributed by atoms with van der Waals surface area (Å²) in [6, 6.07) is 6.66. The molecule has 0 amide bonds. The zero-order chi connectivity index (χ0) is 27.3. The predicted octanol–water partition coefficient (Wildman–Crippen LogP) is 5.22. The van der Waals surface area contributed by atoms with Gasteiger partial charge in [0.15, 0.2) is 17.1 Å². The number of carbonyl (C=O) groups excluding carboxylic acids is 2. The molecule has 0 aromatic heterocycles. The highest BCUT2D eigenvalue weighted by atomic mass is 32.2. The van der Waals surface area contributed by atoms with E-state index in [1.165, 1.54) is 12.2 Å². The third kappa shape index (κ3) is 3.04. The van der Waals surface area contributed by atoms with E-state index in [1.54, 1.807) is 12.0 Å². The van der Waals surface area contributed by atoms with Crippen molar-refractivity contribution in [3.63, 3.8) is 0 Å². The number of aryl methyl sites for hydroxylation is 1. The minimum Gasteiger partial charge on any atom is -0.390 e. The Morgan fingerprint density at radius 3 is 2.68 bits per heavy atom. The summed E-state index contributed by atoms with van der Waals surface area (Å²) in [5.74, 6) is -2.21. The van der Waals surface area contributed by atoms with Gasteiger partial charge in [-0.15, -0.1) is 0 Å². The van der Waals surface area contributed by atoms with Gasteiger partial charge < -0.3 is 5.11 Å². The van der Waals surface area contributed by atoms with Gasteiger partial charge >= 0.3 is 0 Å². The second-order valence-corrected chi connectivity index (χ2v) is 12.9. The Kier molecular flexibility index (Phi) is 5.81. The number of thioether (sulfide) groups is 1. The normalized spacial score (nSPS) is 45.2. The summed E-state index contributed by atoms with van der Waals surface area (Å²) < 4.78 is 46.8. The number of nitrogens with zero attached hydrogens (tertiary/aromatic N) is 1. The van der Waals surface area contributed by atoms with Gasteiger partial charge in [-0.2, -0.15) is 0 Å². The van der Waals surface area contributed by atoms with E-state index >= 15 is 8.78 Å². The third-order valence-corrected chi connectivity index (χ3v) is 11.2. The van der Waals surface area contributed by atoms with E-state index < -0.39 is 69.0 Å². The van der Waals surface area contributed by atoms with Crippen molar-refractivity contribution in [2.45, 2.75) is 63.6 Å². The highest BCUT2D eigenvalue weighted by molar-refractivity contribution is 8.13. The van der Waals surface area contributed by atoms with Crippen LogP contribution in [0.25, 0.3) is 0 Å². The minimum atomic E-state index is -2.24. The zero-order valence-electron chi connectivity index (χ0n) is 21.6. The van der Waals surface area contributed by atoms with Crippen molar-refractivity contribution in [2.24, 2.45) is 28.6 Å². The largest absolute Gasteiger partial charge is 0.390 e. The first-order valence-corrected chi connectivity index (χ1v) is 14.1. The van der Waals surface area contributed by atoms with Gasteiger partial charge in [0.05, 0.1) is 18.3 Å². The molecule has 1 aromatic carbocycles. The molecule has 9 atom stereocenters. The number of allylic oxidation sites excluding steroid dienone is 4. The molecule has 1 heterocycles. The predicted molar refractivity (Wildman–Crippen MR) is 138 cm³/mol. The van der Waals surface area contributed by atoms with E-state index in [9.17, 15) is 19.1 Å². The number of carbonyl (C=O) groups is 2. The average molecular weight is 548 g/mol. The van der Waals surface area contributed by atoms with Gasteiger partial charge in [-0.1, -0.05) is 43.0 Å². The van der Waals surface area contributed by atoms with Crippen LogP contribution in [0.1, 0.15) is 38.7 Å². The van der Waals surface area contributed by atoms with Crippen LogP contribution in [0.5, 0.6) is 0 Å². The second kappa shape index (κ2) is 8.45. The smallest absolute Gasteiger partial charge is 0.226 e. The number of benzene rings is 1. The summed E-state index contributed by atoms with van der Waals surface area (Å²) in [7, 11) is 0. The molecule has 9 heteroatoms. The molecule has 3 saturated carbocycles. The van der Waals surface area contributed by atoms with Crippen molar-refractivity contribution < 1.29 is 32.7 Å². The molecule has 0 radical (unpaired) electrons. The summed E-state index contributed by atoms with van der Waals surface area (Å²) in [6.07, 6.45) is 0.769. The number of aliphatic hydroxyl groups excluding tert-OH is 1. The van der Waals surface area contributed by atoms with E-state index in [2.05, 4.69) is 0 Å². The van der Waals surface area contributed by atoms with Crippen molar-refractivity contribution >= 4 is 28.3 Å². The van der Waals surface area contributed by atoms with Crippen molar-refractivity contribution in [3.8, 4) is 0 Å². The summed E-state index contributed by atoms with van der Waals surface area (Å²) in [5, 5.41) is 12.8. The molecule has 1 aliphatic heterocycles. The quantitative estimate of drug-likeness (QED) is 0.560. The Bertz CT molecular complexity index is 1270. The average Bonchev–Trinajstić information content (AvgIpc) is 3.36. The highest BCUT2D eigenvalue weighted by Gasteiger charge is 2.79. The molecule has 0 spiro atoms. The van der Waals surface area contributed by atoms with Crippen LogP contribution in [0.2, 0.25) is 0 Å². The topological polar surface area (TPSA) is 66.8 Å². The van der Waals surface area contributed by atoms with Gasteiger partial charge in [0.2, 0.25) is 5.12 Å². The molecule has 204 valence electrons. The van der Waals surface area contributed by atoms with Crippen molar-refractivity contribution in [2.75, 3.05) is 17.6 Å². The van der Waals surface area contributed by atoms with E-state index in [0.29, 0.717) is 24.7 Å². The van der Waals surface area contributed by atoms with Gasteiger partial charge in [-0.25, -0.2) is 13.2 Å². The molecule has 0 bridgehead atoms. The number of fused-ring (bicyclic) bond motifs is 7. The zero-order valence-corrected chi connectivity index (χ0v) is 22.4. The third-order valence-electron chi connectivity index (χ3n) is 10.5. The van der Waals surface area contributed by atoms with Crippen LogP contribution >= 0.6 is 11.8 Å². The first kappa shape index (κ1) is 26.1. The number of aliphatic hydroxyl groups is 1. The lowest BCUT2D eigenvalue weighted by Crippen LogP contribution is -2.70. The van der Waals surface area contributed by atoms with Gasteiger partial charge in [-0.3, -0.25) is 19.5 Å². The van der Waals surface area contributed by atoms with E-state index in [0.717, 1.165) is 17.3 Å². The Balaban J connectivity index is 1.46. The molecule has 38 heavy (non-hydrogen) atoms. The standard InChI is InChI=1S/C29H32F3NO4S/c1-16-6-4-5-7-23(16)33-14-17-10-19-20-12-22(31)21-11-18(34)8-9-26(21,2)28(20,32)24(35)13-27(19,3)29(17,37-33)25(36)38-15-30/h4-9,11,17,19-20,22,24,35H,10,12-15H2,1-3H3/t17-,19?,20-,22-,24-,26-,27-,28-,29-/m0/s1. The SMILES string of the molecule is Cc1ccccc1N1C[C@@H]2CC3[C@@H]4C[C@H](F)C5=CC(=O)C=C[C@]5(C)[C@@]4(F)[C@@H](O)C[C@]3(C)[C@]2(C(=O)SCF)O1. The summed E-state index contributed by atoms with van der Waals surface area (Å²) >= 11 is 0.535. The van der Waals surface area contributed by atoms with Gasteiger partial charge in [0.1, 0.15) is 12.2 Å². The summed E-state index contributed by atoms with van der Waals surface area (Å²) in [6.45, 7) is 5.65. The monoisotopic (exact) mass is 547 g/mol. The minimum absolute atomic E-state index is 0.0605.